The smallest absolute Gasteiger partial charge is 0.0228 e. The monoisotopic (exact) mass is 323 g/mol. The van der Waals surface area contributed by atoms with E-state index in [9.17, 15) is 0 Å². The molecule has 0 spiro atoms. The molecule has 2 atom stereocenters. The normalized spacial score (nSPS) is 28.4. The summed E-state index contributed by atoms with van der Waals surface area (Å²) in [5.74, 6) is 0.604. The molecule has 2 rings (SSSR count). The van der Waals surface area contributed by atoms with Crippen LogP contribution in [0.1, 0.15) is 52.0 Å². The third-order valence-corrected chi connectivity index (χ3v) is 5.04. The molecule has 1 saturated carbocycles. The van der Waals surface area contributed by atoms with E-state index in [1.807, 2.05) is 0 Å². The number of benzene rings is 1. The van der Waals surface area contributed by atoms with Crippen LogP contribution >= 0.6 is 15.9 Å². The summed E-state index contributed by atoms with van der Waals surface area (Å²) in [6.45, 7) is 7.02. The first-order valence-corrected chi connectivity index (χ1v) is 8.14. The van der Waals surface area contributed by atoms with E-state index >= 15 is 0 Å². The molecule has 2 heteroatoms. The van der Waals surface area contributed by atoms with Crippen LogP contribution in [0.2, 0.25) is 0 Å². The highest BCUT2D eigenvalue weighted by Crippen LogP contribution is 2.44. The average molecular weight is 324 g/mol. The Morgan fingerprint density at radius 3 is 2.68 bits per heavy atom. The Balaban J connectivity index is 2.23. The molecular formula is C17H26BrN. The second kappa shape index (κ2) is 5.57. The fourth-order valence-corrected chi connectivity index (χ4v) is 4.24. The van der Waals surface area contributed by atoms with E-state index in [-0.39, 0.29) is 5.54 Å². The van der Waals surface area contributed by atoms with Gasteiger partial charge in [-0.1, -0.05) is 61.7 Å². The van der Waals surface area contributed by atoms with Crippen molar-refractivity contribution in [3.8, 4) is 0 Å². The van der Waals surface area contributed by atoms with Crippen LogP contribution in [-0.4, -0.2) is 5.54 Å². The standard InChI is InChI=1S/C17H26BrN/c1-16(2,3)15-9-4-5-10-17(15,19)12-13-7-6-8-14(18)11-13/h6-8,11,15H,4-5,9-10,12,19H2,1-3H3. The van der Waals surface area contributed by atoms with Gasteiger partial charge < -0.3 is 5.73 Å². The molecule has 0 aliphatic heterocycles. The molecule has 0 radical (unpaired) electrons. The fourth-order valence-electron chi connectivity index (χ4n) is 3.80. The lowest BCUT2D eigenvalue weighted by Gasteiger charge is -2.48. The Labute approximate surface area is 126 Å². The average Bonchev–Trinajstić information content (AvgIpc) is 2.27. The molecule has 0 heterocycles. The Morgan fingerprint density at radius 1 is 1.32 bits per heavy atom. The lowest BCUT2D eigenvalue weighted by Crippen LogP contribution is -2.55. The SMILES string of the molecule is CC(C)(C)C1CCCCC1(N)Cc1cccc(Br)c1. The van der Waals surface area contributed by atoms with Crippen molar-refractivity contribution in [1.29, 1.82) is 0 Å². The first-order valence-electron chi connectivity index (χ1n) is 7.35. The summed E-state index contributed by atoms with van der Waals surface area (Å²) in [7, 11) is 0. The van der Waals surface area contributed by atoms with Crippen molar-refractivity contribution >= 4 is 15.9 Å². The zero-order valence-electron chi connectivity index (χ0n) is 12.4. The van der Waals surface area contributed by atoms with Gasteiger partial charge >= 0.3 is 0 Å². The van der Waals surface area contributed by atoms with E-state index in [2.05, 4.69) is 61.0 Å². The van der Waals surface area contributed by atoms with Gasteiger partial charge in [0, 0.05) is 10.0 Å². The highest BCUT2D eigenvalue weighted by atomic mass is 79.9. The second-order valence-corrected chi connectivity index (χ2v) is 8.12. The van der Waals surface area contributed by atoms with Crippen molar-refractivity contribution in [2.75, 3.05) is 0 Å². The van der Waals surface area contributed by atoms with Gasteiger partial charge in [-0.25, -0.2) is 0 Å². The summed E-state index contributed by atoms with van der Waals surface area (Å²) < 4.78 is 1.15. The van der Waals surface area contributed by atoms with Gasteiger partial charge in [0.1, 0.15) is 0 Å². The minimum absolute atomic E-state index is 0.0444. The first kappa shape index (κ1) is 15.1. The molecule has 19 heavy (non-hydrogen) atoms. The number of hydrogen-bond acceptors (Lipinski definition) is 1. The highest BCUT2D eigenvalue weighted by Gasteiger charge is 2.43. The Hall–Kier alpha value is -0.340. The molecule has 1 aliphatic rings. The minimum Gasteiger partial charge on any atom is -0.325 e. The zero-order valence-corrected chi connectivity index (χ0v) is 14.0. The number of rotatable bonds is 2. The van der Waals surface area contributed by atoms with Crippen LogP contribution in [0.15, 0.2) is 28.7 Å². The van der Waals surface area contributed by atoms with E-state index in [1.54, 1.807) is 0 Å². The maximum absolute atomic E-state index is 6.86. The molecule has 1 aromatic carbocycles. The molecule has 0 aromatic heterocycles. The van der Waals surface area contributed by atoms with Gasteiger partial charge in [0.2, 0.25) is 0 Å². The molecule has 1 fully saturated rings. The summed E-state index contributed by atoms with van der Waals surface area (Å²) >= 11 is 3.56. The van der Waals surface area contributed by atoms with Crippen molar-refractivity contribution in [2.24, 2.45) is 17.1 Å². The Morgan fingerprint density at radius 2 is 2.05 bits per heavy atom. The molecule has 0 bridgehead atoms. The predicted octanol–water partition coefficient (Wildman–Crippen LogP) is 4.93. The summed E-state index contributed by atoms with van der Waals surface area (Å²) in [4.78, 5) is 0. The van der Waals surface area contributed by atoms with Gasteiger partial charge in [-0.05, 0) is 48.3 Å². The van der Waals surface area contributed by atoms with Gasteiger partial charge in [0.25, 0.3) is 0 Å². The number of nitrogens with two attached hydrogens (primary N) is 1. The quantitative estimate of drug-likeness (QED) is 0.820. The van der Waals surface area contributed by atoms with Gasteiger partial charge in [-0.3, -0.25) is 0 Å². The van der Waals surface area contributed by atoms with E-state index in [1.165, 1.54) is 24.8 Å². The lowest BCUT2D eigenvalue weighted by atomic mass is 9.61. The molecule has 106 valence electrons. The summed E-state index contributed by atoms with van der Waals surface area (Å²) in [5.41, 5.74) is 8.46. The zero-order chi connectivity index (χ0) is 14.1. The lowest BCUT2D eigenvalue weighted by molar-refractivity contribution is 0.0793. The van der Waals surface area contributed by atoms with Crippen LogP contribution in [0, 0.1) is 11.3 Å². The molecule has 2 N–H and O–H groups in total. The van der Waals surface area contributed by atoms with Crippen LogP contribution in [-0.2, 0) is 6.42 Å². The molecule has 0 saturated heterocycles. The largest absolute Gasteiger partial charge is 0.325 e. The van der Waals surface area contributed by atoms with Crippen LogP contribution < -0.4 is 5.73 Å². The third kappa shape index (κ3) is 3.61. The van der Waals surface area contributed by atoms with E-state index < -0.39 is 0 Å². The molecular weight excluding hydrogens is 298 g/mol. The second-order valence-electron chi connectivity index (χ2n) is 7.20. The van der Waals surface area contributed by atoms with Crippen LogP contribution in [0.3, 0.4) is 0 Å². The summed E-state index contributed by atoms with van der Waals surface area (Å²) in [6.07, 6.45) is 6.03. The van der Waals surface area contributed by atoms with Crippen molar-refractivity contribution < 1.29 is 0 Å². The highest BCUT2D eigenvalue weighted by molar-refractivity contribution is 9.10. The maximum Gasteiger partial charge on any atom is 0.0228 e. The third-order valence-electron chi connectivity index (χ3n) is 4.55. The van der Waals surface area contributed by atoms with E-state index in [0.717, 1.165) is 17.3 Å². The van der Waals surface area contributed by atoms with Crippen LogP contribution in [0.4, 0.5) is 0 Å². The first-order chi connectivity index (χ1) is 8.81. The van der Waals surface area contributed by atoms with E-state index in [0.29, 0.717) is 11.3 Å². The predicted molar refractivity (Wildman–Crippen MR) is 86.2 cm³/mol. The number of halogens is 1. The van der Waals surface area contributed by atoms with Crippen molar-refractivity contribution in [1.82, 2.24) is 0 Å². The van der Waals surface area contributed by atoms with Crippen molar-refractivity contribution in [3.63, 3.8) is 0 Å². The minimum atomic E-state index is -0.0444. The van der Waals surface area contributed by atoms with Gasteiger partial charge in [-0.15, -0.1) is 0 Å². The fraction of sp³-hybridized carbons (Fsp3) is 0.647. The van der Waals surface area contributed by atoms with Crippen molar-refractivity contribution in [2.45, 2.75) is 58.4 Å². The van der Waals surface area contributed by atoms with E-state index in [4.69, 9.17) is 5.73 Å². The Bertz CT molecular complexity index is 435. The van der Waals surface area contributed by atoms with Gasteiger partial charge in [-0.2, -0.15) is 0 Å². The molecule has 1 nitrogen and oxygen atoms in total. The van der Waals surface area contributed by atoms with Crippen molar-refractivity contribution in [3.05, 3.63) is 34.3 Å². The molecule has 2 unspecified atom stereocenters. The summed E-state index contributed by atoms with van der Waals surface area (Å²) in [6, 6.07) is 8.60. The molecule has 0 amide bonds. The van der Waals surface area contributed by atoms with Gasteiger partial charge in [0.15, 0.2) is 0 Å². The molecule has 1 aromatic rings. The molecule has 1 aliphatic carbocycles. The summed E-state index contributed by atoms with van der Waals surface area (Å²) in [5, 5.41) is 0. The number of hydrogen-bond donors (Lipinski definition) is 1. The van der Waals surface area contributed by atoms with Gasteiger partial charge in [0.05, 0.1) is 0 Å². The van der Waals surface area contributed by atoms with Crippen LogP contribution in [0.5, 0.6) is 0 Å². The topological polar surface area (TPSA) is 26.0 Å². The maximum atomic E-state index is 6.86. The Kier molecular flexibility index (Phi) is 4.42. The van der Waals surface area contributed by atoms with Crippen LogP contribution in [0.25, 0.3) is 0 Å².